The standard InChI is InChI=1S/C28H37ClN2O7/c1-16-8-7-9-22(36-6)28(34)15-21(37-26(33)30-28)17(2)25-27(3,38-25)11-10-23(32)31(4)19-13-18(12-16)14-20(35-5)24(19)29/h7-9,13-14,17,21-22,25,34H,10-12,15H2,1-6H3,(H,30,33)/b9-7+,16-8+/t17?,21?,22-,25?,27?,28+/m1/s1. The average Bonchev–Trinajstić information content (AvgIpc) is 3.55. The molecule has 9 nitrogen and oxygen atoms in total. The number of benzene rings is 1. The predicted octanol–water partition coefficient (Wildman–Crippen LogP) is 4.15. The van der Waals surface area contributed by atoms with Crippen LogP contribution in [0.15, 0.2) is 35.9 Å². The number of carbonyl (C=O) groups excluding carboxylic acids is 2. The number of epoxide rings is 1. The summed E-state index contributed by atoms with van der Waals surface area (Å²) in [5.74, 6) is 0.170. The quantitative estimate of drug-likeness (QED) is 0.534. The van der Waals surface area contributed by atoms with Gasteiger partial charge in [0, 0.05) is 32.9 Å². The number of ether oxygens (including phenoxy) is 4. The van der Waals surface area contributed by atoms with Crippen molar-refractivity contribution >= 4 is 29.3 Å². The number of hydrogen-bond donors (Lipinski definition) is 2. The number of fused-ring (bicyclic) bond motifs is 5. The Morgan fingerprint density at radius 1 is 1.26 bits per heavy atom. The Morgan fingerprint density at radius 3 is 2.68 bits per heavy atom. The molecule has 10 heteroatoms. The Labute approximate surface area is 228 Å². The molecule has 38 heavy (non-hydrogen) atoms. The summed E-state index contributed by atoms with van der Waals surface area (Å²) < 4.78 is 22.7. The summed E-state index contributed by atoms with van der Waals surface area (Å²) in [5, 5.41) is 14.3. The minimum Gasteiger partial charge on any atom is -0.495 e. The van der Waals surface area contributed by atoms with Crippen molar-refractivity contribution in [2.45, 2.75) is 76.1 Å². The zero-order chi connectivity index (χ0) is 27.8. The zero-order valence-electron chi connectivity index (χ0n) is 22.7. The van der Waals surface area contributed by atoms with Crippen LogP contribution in [0.4, 0.5) is 10.5 Å². The lowest BCUT2D eigenvalue weighted by atomic mass is 9.84. The van der Waals surface area contributed by atoms with E-state index in [4.69, 9.17) is 30.5 Å². The van der Waals surface area contributed by atoms with E-state index in [0.29, 0.717) is 29.3 Å². The van der Waals surface area contributed by atoms with Gasteiger partial charge in [0.1, 0.15) is 23.0 Å². The fourth-order valence-corrected chi connectivity index (χ4v) is 5.78. The second-order valence-corrected chi connectivity index (χ2v) is 11.1. The fourth-order valence-electron chi connectivity index (χ4n) is 5.46. The molecular formula is C28H37ClN2O7. The summed E-state index contributed by atoms with van der Waals surface area (Å²) in [4.78, 5) is 27.2. The van der Waals surface area contributed by atoms with E-state index >= 15 is 0 Å². The first-order chi connectivity index (χ1) is 17.9. The predicted molar refractivity (Wildman–Crippen MR) is 143 cm³/mol. The molecule has 0 spiro atoms. The summed E-state index contributed by atoms with van der Waals surface area (Å²) in [6, 6.07) is 3.76. The van der Waals surface area contributed by atoms with Crippen LogP contribution in [0.1, 0.15) is 45.6 Å². The van der Waals surface area contributed by atoms with Crippen LogP contribution in [0.3, 0.4) is 0 Å². The number of alkyl carbamates (subject to hydrolysis) is 1. The number of methoxy groups -OCH3 is 2. The van der Waals surface area contributed by atoms with Crippen LogP contribution in [0.5, 0.6) is 5.75 Å². The molecule has 0 aromatic heterocycles. The Bertz CT molecular complexity index is 1150. The van der Waals surface area contributed by atoms with Gasteiger partial charge in [-0.15, -0.1) is 0 Å². The number of nitrogens with zero attached hydrogens (tertiary/aromatic N) is 1. The van der Waals surface area contributed by atoms with E-state index in [2.05, 4.69) is 5.32 Å². The summed E-state index contributed by atoms with van der Waals surface area (Å²) in [7, 11) is 4.73. The molecule has 3 aliphatic heterocycles. The van der Waals surface area contributed by atoms with Crippen molar-refractivity contribution in [3.63, 3.8) is 0 Å². The summed E-state index contributed by atoms with van der Waals surface area (Å²) in [6.45, 7) is 5.85. The van der Waals surface area contributed by atoms with Crippen LogP contribution in [0, 0.1) is 5.92 Å². The lowest BCUT2D eigenvalue weighted by Gasteiger charge is -2.42. The van der Waals surface area contributed by atoms with Gasteiger partial charge in [0.2, 0.25) is 5.91 Å². The van der Waals surface area contributed by atoms with Gasteiger partial charge in [-0.05, 0) is 44.4 Å². The van der Waals surface area contributed by atoms with Crippen LogP contribution in [0.2, 0.25) is 5.02 Å². The van der Waals surface area contributed by atoms with Crippen molar-refractivity contribution in [1.29, 1.82) is 0 Å². The van der Waals surface area contributed by atoms with E-state index in [0.717, 1.165) is 11.1 Å². The average molecular weight is 549 g/mol. The van der Waals surface area contributed by atoms with Crippen molar-refractivity contribution in [3.05, 3.63) is 46.5 Å². The Morgan fingerprint density at radius 2 is 2.00 bits per heavy atom. The number of amides is 2. The van der Waals surface area contributed by atoms with Crippen molar-refractivity contribution in [2.24, 2.45) is 5.92 Å². The summed E-state index contributed by atoms with van der Waals surface area (Å²) in [6.07, 6.45) is 4.46. The fraction of sp³-hybridized carbons (Fsp3) is 0.571. The maximum atomic E-state index is 13.2. The molecule has 4 rings (SSSR count). The Kier molecular flexibility index (Phi) is 8.14. The molecule has 2 saturated heterocycles. The molecule has 0 radical (unpaired) electrons. The highest BCUT2D eigenvalue weighted by Gasteiger charge is 2.58. The van der Waals surface area contributed by atoms with Crippen molar-refractivity contribution in [1.82, 2.24) is 5.32 Å². The highest BCUT2D eigenvalue weighted by molar-refractivity contribution is 6.35. The molecule has 6 atom stereocenters. The third kappa shape index (κ3) is 5.71. The molecule has 2 fully saturated rings. The van der Waals surface area contributed by atoms with Crippen molar-refractivity contribution < 1.29 is 33.6 Å². The van der Waals surface area contributed by atoms with Gasteiger partial charge in [-0.25, -0.2) is 4.79 Å². The molecule has 0 saturated carbocycles. The van der Waals surface area contributed by atoms with Crippen molar-refractivity contribution in [2.75, 3.05) is 26.2 Å². The van der Waals surface area contributed by atoms with Gasteiger partial charge in [-0.3, -0.25) is 10.1 Å². The third-order valence-electron chi connectivity index (χ3n) is 7.84. The number of aliphatic hydroxyl groups is 1. The van der Waals surface area contributed by atoms with Gasteiger partial charge in [0.05, 0.1) is 24.5 Å². The first-order valence-electron chi connectivity index (χ1n) is 12.8. The molecule has 1 aromatic rings. The van der Waals surface area contributed by atoms with Gasteiger partial charge in [0.15, 0.2) is 5.72 Å². The molecule has 3 heterocycles. The van der Waals surface area contributed by atoms with Crippen molar-refractivity contribution in [3.8, 4) is 5.75 Å². The molecule has 208 valence electrons. The second-order valence-electron chi connectivity index (χ2n) is 10.7. The maximum Gasteiger partial charge on any atom is 0.409 e. The van der Waals surface area contributed by atoms with Gasteiger partial charge >= 0.3 is 6.09 Å². The Hall–Kier alpha value is -2.59. The minimum atomic E-state index is -1.66. The molecule has 4 bridgehead atoms. The zero-order valence-corrected chi connectivity index (χ0v) is 23.5. The normalized spacial score (nSPS) is 36.3. The molecule has 1 aromatic carbocycles. The van der Waals surface area contributed by atoms with E-state index < -0.39 is 29.6 Å². The SMILES string of the molecule is COc1cc2cc(c1Cl)N(C)C(=O)CCC1(C)OC1C(C)C1C[C@@](O)(NC(=O)O1)[C@H](OC)/C=C/C=C(\C)C2. The number of rotatable bonds is 2. The Balaban J connectivity index is 1.71. The van der Waals surface area contributed by atoms with E-state index in [1.54, 1.807) is 31.2 Å². The maximum absolute atomic E-state index is 13.2. The molecule has 3 aliphatic rings. The monoisotopic (exact) mass is 548 g/mol. The number of halogens is 1. The summed E-state index contributed by atoms with van der Waals surface area (Å²) >= 11 is 6.61. The highest BCUT2D eigenvalue weighted by Crippen LogP contribution is 2.48. The van der Waals surface area contributed by atoms with Crippen LogP contribution >= 0.6 is 11.6 Å². The van der Waals surface area contributed by atoms with E-state index in [9.17, 15) is 14.7 Å². The van der Waals surface area contributed by atoms with E-state index in [1.807, 2.05) is 39.0 Å². The smallest absolute Gasteiger partial charge is 0.409 e. The lowest BCUT2D eigenvalue weighted by Crippen LogP contribution is -2.63. The second kappa shape index (κ2) is 10.9. The summed E-state index contributed by atoms with van der Waals surface area (Å²) in [5.41, 5.74) is 0.297. The van der Waals surface area contributed by atoms with E-state index in [1.165, 1.54) is 7.11 Å². The van der Waals surface area contributed by atoms with Crippen LogP contribution in [-0.4, -0.2) is 68.0 Å². The minimum absolute atomic E-state index is 0.104. The van der Waals surface area contributed by atoms with Crippen LogP contribution in [0.25, 0.3) is 0 Å². The van der Waals surface area contributed by atoms with E-state index in [-0.39, 0.29) is 30.8 Å². The molecule has 2 amide bonds. The third-order valence-corrected chi connectivity index (χ3v) is 8.22. The number of anilines is 1. The largest absolute Gasteiger partial charge is 0.495 e. The topological polar surface area (TPSA) is 110 Å². The van der Waals surface area contributed by atoms with Gasteiger partial charge in [-0.2, -0.15) is 0 Å². The van der Waals surface area contributed by atoms with Gasteiger partial charge in [-0.1, -0.05) is 42.3 Å². The van der Waals surface area contributed by atoms with Crippen LogP contribution in [-0.2, 0) is 25.4 Å². The molecular weight excluding hydrogens is 512 g/mol. The molecule has 2 N–H and O–H groups in total. The lowest BCUT2D eigenvalue weighted by molar-refractivity contribution is -0.142. The van der Waals surface area contributed by atoms with Gasteiger partial charge in [0.25, 0.3) is 0 Å². The number of carbonyl (C=O) groups is 2. The van der Waals surface area contributed by atoms with Crippen LogP contribution < -0.4 is 15.0 Å². The molecule has 4 unspecified atom stereocenters. The number of nitrogens with one attached hydrogen (secondary N) is 1. The molecule has 0 aliphatic carbocycles. The highest BCUT2D eigenvalue weighted by atomic mass is 35.5. The first kappa shape index (κ1) is 28.4. The first-order valence-corrected chi connectivity index (χ1v) is 13.2. The van der Waals surface area contributed by atoms with Gasteiger partial charge < -0.3 is 29.0 Å². The number of hydrogen-bond acceptors (Lipinski definition) is 7. The number of allylic oxidation sites excluding steroid dienone is 3.